The van der Waals surface area contributed by atoms with E-state index >= 15 is 0 Å². The van der Waals surface area contributed by atoms with Crippen LogP contribution in [0.15, 0.2) is 94.7 Å². The third-order valence-corrected chi connectivity index (χ3v) is 8.86. The lowest BCUT2D eigenvalue weighted by molar-refractivity contribution is 0.186. The number of hydrogen-bond donors (Lipinski definition) is 0. The van der Waals surface area contributed by atoms with E-state index in [4.69, 9.17) is 5.10 Å². The fourth-order valence-electron chi connectivity index (χ4n) is 5.43. The number of rotatable bonds is 5. The van der Waals surface area contributed by atoms with Crippen LogP contribution < -0.4 is 5.56 Å². The lowest BCUT2D eigenvalue weighted by Gasteiger charge is -2.41. The summed E-state index contributed by atoms with van der Waals surface area (Å²) in [5, 5.41) is 4.72. The zero-order valence-corrected chi connectivity index (χ0v) is 20.0. The van der Waals surface area contributed by atoms with Gasteiger partial charge < -0.3 is 4.57 Å². The van der Waals surface area contributed by atoms with E-state index < -0.39 is 10.0 Å². The Morgan fingerprint density at radius 3 is 2.37 bits per heavy atom. The van der Waals surface area contributed by atoms with Crippen LogP contribution in [0.1, 0.15) is 23.6 Å². The molecule has 2 unspecified atom stereocenters. The van der Waals surface area contributed by atoms with E-state index in [9.17, 15) is 13.2 Å². The second-order valence-electron chi connectivity index (χ2n) is 9.41. The molecule has 0 spiro atoms. The lowest BCUT2D eigenvalue weighted by atomic mass is 9.84. The van der Waals surface area contributed by atoms with Crippen LogP contribution in [0, 0.1) is 5.92 Å². The summed E-state index contributed by atoms with van der Waals surface area (Å²) in [7, 11) is -3.80. The number of piperidine rings is 1. The van der Waals surface area contributed by atoms with Gasteiger partial charge in [-0.2, -0.15) is 9.40 Å². The zero-order valence-electron chi connectivity index (χ0n) is 19.2. The average Bonchev–Trinajstić information content (AvgIpc) is 3.30. The van der Waals surface area contributed by atoms with Gasteiger partial charge >= 0.3 is 0 Å². The van der Waals surface area contributed by atoms with Gasteiger partial charge in [-0.3, -0.25) is 9.48 Å². The fourth-order valence-corrected chi connectivity index (χ4v) is 7.15. The van der Waals surface area contributed by atoms with Crippen LogP contribution in [0.25, 0.3) is 11.3 Å². The van der Waals surface area contributed by atoms with Crippen molar-refractivity contribution in [1.29, 1.82) is 0 Å². The highest BCUT2D eigenvalue weighted by Crippen LogP contribution is 2.38. The summed E-state index contributed by atoms with van der Waals surface area (Å²) in [6.45, 7) is 1.80. The Bertz CT molecular complexity index is 1530. The molecular formula is C27H26N4O3S. The van der Waals surface area contributed by atoms with Crippen LogP contribution in [0.3, 0.4) is 0 Å². The normalized spacial score (nSPS) is 19.9. The molecule has 1 saturated heterocycles. The molecule has 178 valence electrons. The topological polar surface area (TPSA) is 77.2 Å². The smallest absolute Gasteiger partial charge is 0.250 e. The minimum Gasteiger partial charge on any atom is -0.312 e. The average molecular weight is 487 g/mol. The van der Waals surface area contributed by atoms with E-state index in [2.05, 4.69) is 0 Å². The van der Waals surface area contributed by atoms with Crippen LogP contribution >= 0.6 is 0 Å². The summed E-state index contributed by atoms with van der Waals surface area (Å²) in [5.74, 6) is 0.112. The Labute approximate surface area is 204 Å². The highest BCUT2D eigenvalue weighted by Gasteiger charge is 2.40. The minimum absolute atomic E-state index is 0.00529. The highest BCUT2D eigenvalue weighted by molar-refractivity contribution is 7.89. The molecule has 8 heteroatoms. The van der Waals surface area contributed by atoms with Crippen molar-refractivity contribution in [2.24, 2.45) is 5.92 Å². The summed E-state index contributed by atoms with van der Waals surface area (Å²) in [4.78, 5) is 12.6. The van der Waals surface area contributed by atoms with Crippen molar-refractivity contribution >= 4 is 10.0 Å². The molecule has 0 radical (unpaired) electrons. The molecule has 2 aliphatic rings. The van der Waals surface area contributed by atoms with Gasteiger partial charge in [0.25, 0.3) is 5.56 Å². The Morgan fingerprint density at radius 1 is 0.857 bits per heavy atom. The number of fused-ring (bicyclic) bond motifs is 4. The third-order valence-electron chi connectivity index (χ3n) is 7.03. The maximum Gasteiger partial charge on any atom is 0.250 e. The zero-order chi connectivity index (χ0) is 24.0. The van der Waals surface area contributed by atoms with Crippen LogP contribution in [-0.4, -0.2) is 40.2 Å². The molecular weight excluding hydrogens is 460 g/mol. The van der Waals surface area contributed by atoms with Crippen molar-refractivity contribution in [2.75, 3.05) is 13.1 Å². The summed E-state index contributed by atoms with van der Waals surface area (Å²) < 4.78 is 33.3. The van der Waals surface area contributed by atoms with Gasteiger partial charge in [0.05, 0.1) is 6.54 Å². The second kappa shape index (κ2) is 8.62. The van der Waals surface area contributed by atoms with E-state index in [1.165, 1.54) is 0 Å². The van der Waals surface area contributed by atoms with E-state index in [0.717, 1.165) is 23.2 Å². The number of hydrogen-bond acceptors (Lipinski definition) is 4. The first kappa shape index (κ1) is 22.0. The van der Waals surface area contributed by atoms with E-state index in [1.54, 1.807) is 27.3 Å². The summed E-state index contributed by atoms with van der Waals surface area (Å²) in [5.41, 5.74) is 3.20. The second-order valence-corrected chi connectivity index (χ2v) is 11.3. The van der Waals surface area contributed by atoms with Gasteiger partial charge in [-0.1, -0.05) is 66.7 Å². The Hall–Kier alpha value is -3.49. The van der Waals surface area contributed by atoms with Crippen molar-refractivity contribution < 1.29 is 8.42 Å². The Morgan fingerprint density at radius 2 is 1.60 bits per heavy atom. The molecule has 2 atom stereocenters. The van der Waals surface area contributed by atoms with Crippen molar-refractivity contribution in [2.45, 2.75) is 30.3 Å². The number of benzene rings is 2. The standard InChI is InChI=1S/C27H26N4O3S/c32-26-13-7-12-24-23-14-21(17-31(24)26)16-30(18-23)35(33,34)25-19-29(15-20-8-3-1-4-9-20)28-27(25)22-10-5-2-6-11-22/h1-13,19,21,23H,14-18H2. The first-order valence-corrected chi connectivity index (χ1v) is 13.3. The van der Waals surface area contributed by atoms with Gasteiger partial charge in [-0.25, -0.2) is 8.42 Å². The number of aromatic nitrogens is 3. The molecule has 4 aromatic rings. The van der Waals surface area contributed by atoms with Crippen LogP contribution in [0.4, 0.5) is 0 Å². The number of pyridine rings is 1. The van der Waals surface area contributed by atoms with Gasteiger partial charge in [0.2, 0.25) is 10.0 Å². The molecule has 1 fully saturated rings. The fraction of sp³-hybridized carbons (Fsp3) is 0.259. The predicted octanol–water partition coefficient (Wildman–Crippen LogP) is 3.57. The lowest BCUT2D eigenvalue weighted by Crippen LogP contribution is -2.49. The van der Waals surface area contributed by atoms with Crippen LogP contribution in [0.5, 0.6) is 0 Å². The molecule has 0 amide bonds. The van der Waals surface area contributed by atoms with E-state index in [-0.39, 0.29) is 22.3 Å². The molecule has 0 aliphatic carbocycles. The Kier molecular flexibility index (Phi) is 5.42. The summed E-state index contributed by atoms with van der Waals surface area (Å²) in [6, 6.07) is 24.6. The first-order valence-electron chi connectivity index (χ1n) is 11.9. The quantitative estimate of drug-likeness (QED) is 0.432. The SMILES string of the molecule is O=c1cccc2n1CC1CC2CN(S(=O)(=O)c2cn(Cc3ccccc3)nc2-c2ccccc2)C1. The third kappa shape index (κ3) is 4.02. The van der Waals surface area contributed by atoms with Gasteiger partial charge in [0, 0.05) is 49.1 Å². The van der Waals surface area contributed by atoms with Crippen LogP contribution in [-0.2, 0) is 23.1 Å². The van der Waals surface area contributed by atoms with E-state index in [0.29, 0.717) is 31.9 Å². The molecule has 2 aliphatic heterocycles. The monoisotopic (exact) mass is 486 g/mol. The predicted molar refractivity (Wildman–Crippen MR) is 134 cm³/mol. The van der Waals surface area contributed by atoms with Gasteiger partial charge in [0.1, 0.15) is 10.6 Å². The van der Waals surface area contributed by atoms with Gasteiger partial charge in [-0.15, -0.1) is 0 Å². The molecule has 0 N–H and O–H groups in total. The first-order chi connectivity index (χ1) is 17.0. The van der Waals surface area contributed by atoms with Gasteiger partial charge in [0.15, 0.2) is 0 Å². The van der Waals surface area contributed by atoms with Crippen molar-refractivity contribution in [1.82, 2.24) is 18.7 Å². The molecule has 2 aromatic heterocycles. The van der Waals surface area contributed by atoms with E-state index in [1.807, 2.05) is 71.3 Å². The largest absolute Gasteiger partial charge is 0.312 e. The summed E-state index contributed by atoms with van der Waals surface area (Å²) in [6.07, 6.45) is 2.56. The van der Waals surface area contributed by atoms with Gasteiger partial charge in [-0.05, 0) is 24.0 Å². The van der Waals surface area contributed by atoms with Crippen molar-refractivity contribution in [3.63, 3.8) is 0 Å². The molecule has 7 nitrogen and oxygen atoms in total. The molecule has 4 heterocycles. The van der Waals surface area contributed by atoms with Crippen molar-refractivity contribution in [3.8, 4) is 11.3 Å². The number of nitrogens with zero attached hydrogens (tertiary/aromatic N) is 4. The number of sulfonamides is 1. The minimum atomic E-state index is -3.80. The van der Waals surface area contributed by atoms with Crippen LogP contribution in [0.2, 0.25) is 0 Å². The van der Waals surface area contributed by atoms with Crippen molar-refractivity contribution in [3.05, 3.63) is 107 Å². The Balaban J connectivity index is 1.39. The molecule has 0 saturated carbocycles. The summed E-state index contributed by atoms with van der Waals surface area (Å²) >= 11 is 0. The maximum atomic E-state index is 14.1. The highest BCUT2D eigenvalue weighted by atomic mass is 32.2. The maximum absolute atomic E-state index is 14.1. The molecule has 2 aromatic carbocycles. The molecule has 35 heavy (non-hydrogen) atoms. The molecule has 6 rings (SSSR count). The molecule has 2 bridgehead atoms.